The molecule has 0 unspecified atom stereocenters. The summed E-state index contributed by atoms with van der Waals surface area (Å²) >= 11 is 0. The summed E-state index contributed by atoms with van der Waals surface area (Å²) in [5.41, 5.74) is 17.4. The molecule has 46 heavy (non-hydrogen) atoms. The molecule has 12 nitrogen and oxygen atoms in total. The number of nitrogens with zero attached hydrogens (tertiary/aromatic N) is 6. The van der Waals surface area contributed by atoms with Crippen LogP contribution >= 0.6 is 0 Å². The van der Waals surface area contributed by atoms with Gasteiger partial charge in [-0.2, -0.15) is 5.21 Å². The van der Waals surface area contributed by atoms with Gasteiger partial charge >= 0.3 is 0 Å². The molecule has 1 saturated carbocycles. The third kappa shape index (κ3) is 6.92. The van der Waals surface area contributed by atoms with Crippen LogP contribution in [-0.4, -0.2) is 76.3 Å². The van der Waals surface area contributed by atoms with Crippen molar-refractivity contribution in [3.8, 4) is 22.5 Å². The highest BCUT2D eigenvalue weighted by Gasteiger charge is 2.36. The maximum absolute atomic E-state index is 14.2. The zero-order chi connectivity index (χ0) is 32.0. The van der Waals surface area contributed by atoms with E-state index in [0.29, 0.717) is 37.2 Å². The second-order valence-corrected chi connectivity index (χ2v) is 12.2. The van der Waals surface area contributed by atoms with Gasteiger partial charge in [0.2, 0.25) is 17.6 Å². The van der Waals surface area contributed by atoms with Crippen LogP contribution in [0.15, 0.2) is 60.8 Å². The number of anilines is 2. The lowest BCUT2D eigenvalue weighted by Crippen LogP contribution is -2.52. The molecule has 2 aromatic heterocycles. The van der Waals surface area contributed by atoms with Crippen LogP contribution in [0.3, 0.4) is 0 Å². The van der Waals surface area contributed by atoms with Gasteiger partial charge in [-0.15, -0.1) is 10.2 Å². The number of benzene rings is 2. The number of hydrogen-bond acceptors (Lipinski definition) is 9. The van der Waals surface area contributed by atoms with E-state index in [1.807, 2.05) is 54.7 Å². The van der Waals surface area contributed by atoms with Crippen LogP contribution in [0.25, 0.3) is 22.5 Å². The Morgan fingerprint density at radius 3 is 2.33 bits per heavy atom. The van der Waals surface area contributed by atoms with E-state index in [2.05, 4.69) is 38.5 Å². The number of tetrazole rings is 1. The lowest BCUT2D eigenvalue weighted by atomic mass is 9.81. The zero-order valence-corrected chi connectivity index (χ0v) is 26.1. The minimum atomic E-state index is -0.877. The monoisotopic (exact) mass is 623 g/mol. The van der Waals surface area contributed by atoms with Gasteiger partial charge in [0, 0.05) is 48.4 Å². The number of aromatic amines is 1. The van der Waals surface area contributed by atoms with Gasteiger partial charge in [0.25, 0.3) is 0 Å². The zero-order valence-electron chi connectivity index (χ0n) is 26.1. The number of nitrogens with one attached hydrogen (secondary N) is 1. The van der Waals surface area contributed by atoms with Crippen LogP contribution in [0.2, 0.25) is 0 Å². The number of morpholine rings is 1. The van der Waals surface area contributed by atoms with Gasteiger partial charge in [0.15, 0.2) is 0 Å². The van der Waals surface area contributed by atoms with Crippen LogP contribution in [0, 0.1) is 18.8 Å². The Hall–Kier alpha value is -4.68. The number of carbonyl (C=O) groups is 2. The number of amides is 2. The Morgan fingerprint density at radius 2 is 1.72 bits per heavy atom. The van der Waals surface area contributed by atoms with Gasteiger partial charge in [-0.25, -0.2) is 4.98 Å². The van der Waals surface area contributed by atoms with Crippen LogP contribution in [0.4, 0.5) is 11.5 Å². The Morgan fingerprint density at radius 1 is 1.02 bits per heavy atom. The highest BCUT2D eigenvalue weighted by atomic mass is 16.5. The summed E-state index contributed by atoms with van der Waals surface area (Å²) in [6.07, 6.45) is 5.44. The van der Waals surface area contributed by atoms with E-state index in [0.717, 1.165) is 72.4 Å². The van der Waals surface area contributed by atoms with Gasteiger partial charge in [-0.1, -0.05) is 24.3 Å². The predicted molar refractivity (Wildman–Crippen MR) is 176 cm³/mol. The number of pyridine rings is 1. The molecule has 1 aliphatic carbocycles. The van der Waals surface area contributed by atoms with Crippen molar-refractivity contribution < 1.29 is 14.3 Å². The summed E-state index contributed by atoms with van der Waals surface area (Å²) in [5.74, 6) is 0.958. The maximum atomic E-state index is 14.2. The van der Waals surface area contributed by atoms with Gasteiger partial charge < -0.3 is 21.1 Å². The second kappa shape index (κ2) is 14.2. The number of hydrogen-bond donors (Lipinski definition) is 3. The molecule has 2 aliphatic rings. The third-order valence-corrected chi connectivity index (χ3v) is 9.28. The Balaban J connectivity index is 1.25. The summed E-state index contributed by atoms with van der Waals surface area (Å²) in [7, 11) is 0. The molecule has 6 rings (SSSR count). The molecule has 4 aromatic rings. The van der Waals surface area contributed by atoms with E-state index in [4.69, 9.17) is 21.2 Å². The fourth-order valence-electron chi connectivity index (χ4n) is 6.53. The topological polar surface area (TPSA) is 169 Å². The quantitative estimate of drug-likeness (QED) is 0.240. The first-order valence-corrected chi connectivity index (χ1v) is 16.0. The van der Waals surface area contributed by atoms with E-state index >= 15 is 0 Å². The molecule has 3 heterocycles. The van der Waals surface area contributed by atoms with E-state index in [-0.39, 0.29) is 18.2 Å². The lowest BCUT2D eigenvalue weighted by molar-refractivity contribution is -0.127. The number of aromatic nitrogens is 5. The Labute approximate surface area is 268 Å². The molecule has 1 aliphatic heterocycles. The van der Waals surface area contributed by atoms with Crippen molar-refractivity contribution in [1.29, 1.82) is 0 Å². The number of primary amides is 1. The van der Waals surface area contributed by atoms with Crippen molar-refractivity contribution in [3.05, 3.63) is 71.9 Å². The molecule has 240 valence electrons. The van der Waals surface area contributed by atoms with Crippen LogP contribution in [0.1, 0.15) is 36.8 Å². The average molecular weight is 624 g/mol. The minimum absolute atomic E-state index is 0.0924. The van der Waals surface area contributed by atoms with Gasteiger partial charge in [0.1, 0.15) is 11.9 Å². The summed E-state index contributed by atoms with van der Waals surface area (Å²) in [5, 5.41) is 14.2. The van der Waals surface area contributed by atoms with Crippen molar-refractivity contribution >= 4 is 23.3 Å². The number of H-pyrrole nitrogens is 1. The molecule has 0 radical (unpaired) electrons. The highest BCUT2D eigenvalue weighted by Crippen LogP contribution is 2.33. The third-order valence-electron chi connectivity index (χ3n) is 9.28. The van der Waals surface area contributed by atoms with E-state index in [1.54, 1.807) is 4.90 Å². The SMILES string of the molecule is Cc1cc(N2CCOCC2)ncc1-c1ccc(C[C@@H](C(N)=O)N(C(=O)C2CCC(CN)CC2)c2ccc(-c3nn[nH]n3)cc2)cc1. The van der Waals surface area contributed by atoms with E-state index in [9.17, 15) is 9.59 Å². The first-order chi connectivity index (χ1) is 22.4. The van der Waals surface area contributed by atoms with E-state index in [1.165, 1.54) is 0 Å². The fraction of sp³-hybridized carbons (Fsp3) is 0.412. The fourth-order valence-corrected chi connectivity index (χ4v) is 6.53. The maximum Gasteiger partial charge on any atom is 0.240 e. The summed E-state index contributed by atoms with van der Waals surface area (Å²) in [4.78, 5) is 35.9. The number of rotatable bonds is 10. The van der Waals surface area contributed by atoms with Gasteiger partial charge in [-0.3, -0.25) is 14.5 Å². The average Bonchev–Trinajstić information content (AvgIpc) is 3.64. The predicted octanol–water partition coefficient (Wildman–Crippen LogP) is 3.27. The Bertz CT molecular complexity index is 1610. The molecular weight excluding hydrogens is 582 g/mol. The van der Waals surface area contributed by atoms with Crippen molar-refractivity contribution in [2.24, 2.45) is 23.3 Å². The van der Waals surface area contributed by atoms with Crippen LogP contribution in [0.5, 0.6) is 0 Å². The smallest absolute Gasteiger partial charge is 0.240 e. The standard InChI is InChI=1S/C34H41N9O3/c1-22-18-31(42-14-16-46-17-15-42)37-21-29(22)25-6-2-23(3-7-25)19-30(32(36)44)43(34(45)27-8-4-24(20-35)5-9-27)28-12-10-26(11-13-28)33-38-40-41-39-33/h2-3,6-7,10-13,18,21,24,27,30H,4-5,8-9,14-17,19-20,35H2,1H3,(H2,36,44)(H,38,39,40,41)/t24?,27?,30-/m0/s1. The molecule has 12 heteroatoms. The second-order valence-electron chi connectivity index (χ2n) is 12.2. The van der Waals surface area contributed by atoms with Crippen molar-refractivity contribution in [3.63, 3.8) is 0 Å². The van der Waals surface area contributed by atoms with Gasteiger partial charge in [-0.05, 0) is 97.3 Å². The normalized spacial score (nSPS) is 19.0. The first-order valence-electron chi connectivity index (χ1n) is 16.0. The Kier molecular flexibility index (Phi) is 9.65. The highest BCUT2D eigenvalue weighted by molar-refractivity contribution is 6.01. The van der Waals surface area contributed by atoms with Crippen molar-refractivity contribution in [2.45, 2.75) is 45.1 Å². The van der Waals surface area contributed by atoms with Crippen LogP contribution in [-0.2, 0) is 20.7 Å². The number of nitrogens with two attached hydrogens (primary N) is 2. The molecule has 2 aromatic carbocycles. The van der Waals surface area contributed by atoms with E-state index < -0.39 is 11.9 Å². The minimum Gasteiger partial charge on any atom is -0.378 e. The molecule has 0 bridgehead atoms. The molecule has 5 N–H and O–H groups in total. The largest absolute Gasteiger partial charge is 0.378 e. The van der Waals surface area contributed by atoms with Crippen LogP contribution < -0.4 is 21.3 Å². The molecule has 2 amide bonds. The first kappa shape index (κ1) is 31.3. The molecule has 2 fully saturated rings. The molecule has 1 saturated heterocycles. The summed E-state index contributed by atoms with van der Waals surface area (Å²) in [6.45, 7) is 5.79. The van der Waals surface area contributed by atoms with Crippen molar-refractivity contribution in [2.75, 3.05) is 42.6 Å². The number of ether oxygens (including phenoxy) is 1. The number of aryl methyl sites for hydroxylation is 1. The number of carbonyl (C=O) groups excluding carboxylic acids is 2. The summed E-state index contributed by atoms with van der Waals surface area (Å²) < 4.78 is 5.48. The van der Waals surface area contributed by atoms with Crippen molar-refractivity contribution in [1.82, 2.24) is 25.6 Å². The molecule has 1 atom stereocenters. The lowest BCUT2D eigenvalue weighted by Gasteiger charge is -2.35. The molecular formula is C34H41N9O3. The molecule has 0 spiro atoms. The summed E-state index contributed by atoms with van der Waals surface area (Å²) in [6, 6.07) is 16.6. The van der Waals surface area contributed by atoms with Gasteiger partial charge in [0.05, 0.1) is 13.2 Å².